The summed E-state index contributed by atoms with van der Waals surface area (Å²) < 4.78 is 5.27. The molecule has 0 aliphatic rings. The van der Waals surface area contributed by atoms with Crippen molar-refractivity contribution in [3.05, 3.63) is 53.5 Å². The second-order valence-electron chi connectivity index (χ2n) is 9.12. The van der Waals surface area contributed by atoms with Crippen LogP contribution in [-0.2, 0) is 16.0 Å². The summed E-state index contributed by atoms with van der Waals surface area (Å²) in [6, 6.07) is 5.63. The van der Waals surface area contributed by atoms with Crippen LogP contribution in [0.1, 0.15) is 45.7 Å². The van der Waals surface area contributed by atoms with Crippen LogP contribution in [-0.4, -0.2) is 33.9 Å². The second kappa shape index (κ2) is 8.36. The summed E-state index contributed by atoms with van der Waals surface area (Å²) in [5.74, 6) is 2.81. The van der Waals surface area contributed by atoms with Crippen LogP contribution in [0, 0.1) is 10.8 Å². The lowest BCUT2D eigenvalue weighted by Crippen LogP contribution is -2.37. The highest BCUT2D eigenvalue weighted by molar-refractivity contribution is 5.97. The van der Waals surface area contributed by atoms with Crippen LogP contribution in [0.25, 0.3) is 11.0 Å². The van der Waals surface area contributed by atoms with Crippen LogP contribution in [0.15, 0.2) is 42.4 Å². The first-order chi connectivity index (χ1) is 14.6. The monoisotopic (exact) mass is 420 g/mol. The molecule has 0 saturated carbocycles. The maximum atomic E-state index is 12.9. The summed E-state index contributed by atoms with van der Waals surface area (Å²) in [5, 5.41) is 3.81. The Hall–Kier alpha value is -3.44. The van der Waals surface area contributed by atoms with Crippen LogP contribution in [0.5, 0.6) is 5.75 Å². The molecule has 0 aromatic carbocycles. The highest BCUT2D eigenvalue weighted by Gasteiger charge is 2.39. The van der Waals surface area contributed by atoms with Crippen molar-refractivity contribution in [2.45, 2.75) is 41.0 Å². The standard InChI is InChI=1S/C24H28N4O3/c1-23(2,3)19(14-29)24(4,5)22(30)28-20-8-7-15(11-25-20)9-16-12-26-21-18(16)10-17(31-6)13-27-21/h7-8,10-13H,9H2,1-6H3,(H,26,27)(H,25,28,30). The number of hydrogen-bond acceptors (Lipinski definition) is 5. The lowest BCUT2D eigenvalue weighted by molar-refractivity contribution is -0.122. The van der Waals surface area contributed by atoms with E-state index >= 15 is 0 Å². The molecule has 0 bridgehead atoms. The number of amides is 1. The van der Waals surface area contributed by atoms with Crippen molar-refractivity contribution in [3.63, 3.8) is 0 Å². The number of aromatic amines is 1. The lowest BCUT2D eigenvalue weighted by Gasteiger charge is -2.32. The van der Waals surface area contributed by atoms with Gasteiger partial charge in [0.2, 0.25) is 5.91 Å². The van der Waals surface area contributed by atoms with E-state index in [1.54, 1.807) is 39.4 Å². The van der Waals surface area contributed by atoms with Gasteiger partial charge in [0.15, 0.2) is 0 Å². The van der Waals surface area contributed by atoms with Crippen molar-refractivity contribution in [3.8, 4) is 5.75 Å². The quantitative estimate of drug-likeness (QED) is 0.579. The van der Waals surface area contributed by atoms with Gasteiger partial charge in [0, 0.05) is 29.8 Å². The number of carbonyl (C=O) groups is 1. The zero-order chi connectivity index (χ0) is 22.8. The van der Waals surface area contributed by atoms with E-state index in [0.29, 0.717) is 23.6 Å². The smallest absolute Gasteiger partial charge is 0.236 e. The van der Waals surface area contributed by atoms with Gasteiger partial charge < -0.3 is 15.0 Å². The number of nitrogens with one attached hydrogen (secondary N) is 2. The van der Waals surface area contributed by atoms with E-state index in [4.69, 9.17) is 4.74 Å². The molecule has 0 atom stereocenters. The molecule has 2 N–H and O–H groups in total. The maximum absolute atomic E-state index is 12.9. The Bertz CT molecular complexity index is 1150. The topological polar surface area (TPSA) is 97.0 Å². The molecule has 1 amide bonds. The SMILES string of the molecule is COc1cnc2[nH]cc(Cc3ccc(NC(=O)C(C)(C)C(=C=O)C(C)(C)C)nc3)c2c1. The van der Waals surface area contributed by atoms with Gasteiger partial charge in [-0.1, -0.05) is 26.8 Å². The van der Waals surface area contributed by atoms with Gasteiger partial charge in [-0.15, -0.1) is 0 Å². The number of rotatable bonds is 6. The molecular weight excluding hydrogens is 392 g/mol. The van der Waals surface area contributed by atoms with Gasteiger partial charge in [-0.2, -0.15) is 0 Å². The Morgan fingerprint density at radius 3 is 2.48 bits per heavy atom. The highest BCUT2D eigenvalue weighted by Crippen LogP contribution is 2.38. The number of ether oxygens (including phenoxy) is 1. The number of fused-ring (bicyclic) bond motifs is 1. The number of anilines is 1. The second-order valence-corrected chi connectivity index (χ2v) is 9.12. The number of hydrogen-bond donors (Lipinski definition) is 2. The minimum absolute atomic E-state index is 0.296. The first-order valence-corrected chi connectivity index (χ1v) is 10.1. The molecule has 162 valence electrons. The Kier molecular flexibility index (Phi) is 6.00. The summed E-state index contributed by atoms with van der Waals surface area (Å²) in [5.41, 5.74) is 1.81. The third kappa shape index (κ3) is 4.67. The van der Waals surface area contributed by atoms with E-state index in [2.05, 4.69) is 20.3 Å². The predicted octanol–water partition coefficient (Wildman–Crippen LogP) is 4.33. The van der Waals surface area contributed by atoms with Crippen LogP contribution < -0.4 is 10.1 Å². The Morgan fingerprint density at radius 1 is 1.16 bits per heavy atom. The molecule has 0 radical (unpaired) electrons. The lowest BCUT2D eigenvalue weighted by atomic mass is 9.71. The van der Waals surface area contributed by atoms with E-state index in [1.165, 1.54) is 0 Å². The van der Waals surface area contributed by atoms with E-state index in [1.807, 2.05) is 45.0 Å². The minimum atomic E-state index is -1.00. The van der Waals surface area contributed by atoms with Gasteiger partial charge in [0.1, 0.15) is 23.2 Å². The molecule has 3 heterocycles. The van der Waals surface area contributed by atoms with Crippen LogP contribution >= 0.6 is 0 Å². The molecule has 0 fully saturated rings. The highest BCUT2D eigenvalue weighted by atomic mass is 16.5. The fourth-order valence-electron chi connectivity index (χ4n) is 3.72. The number of nitrogens with zero attached hydrogens (tertiary/aromatic N) is 2. The average molecular weight is 421 g/mol. The average Bonchev–Trinajstić information content (AvgIpc) is 3.10. The fourth-order valence-corrected chi connectivity index (χ4v) is 3.72. The van der Waals surface area contributed by atoms with Gasteiger partial charge in [0.05, 0.1) is 18.7 Å². The number of H-pyrrole nitrogens is 1. The van der Waals surface area contributed by atoms with Crippen LogP contribution in [0.2, 0.25) is 0 Å². The number of aromatic nitrogens is 3. The number of pyridine rings is 2. The minimum Gasteiger partial charge on any atom is -0.495 e. The summed E-state index contributed by atoms with van der Waals surface area (Å²) in [6.45, 7) is 9.13. The van der Waals surface area contributed by atoms with E-state index < -0.39 is 10.8 Å². The Morgan fingerprint density at radius 2 is 1.90 bits per heavy atom. The third-order valence-corrected chi connectivity index (χ3v) is 5.33. The van der Waals surface area contributed by atoms with Gasteiger partial charge in [-0.25, -0.2) is 14.8 Å². The van der Waals surface area contributed by atoms with Gasteiger partial charge in [-0.05, 0) is 42.5 Å². The van der Waals surface area contributed by atoms with Crippen molar-refractivity contribution < 1.29 is 14.3 Å². The first kappa shape index (κ1) is 22.2. The van der Waals surface area contributed by atoms with E-state index in [-0.39, 0.29) is 5.91 Å². The molecule has 0 aliphatic heterocycles. The van der Waals surface area contributed by atoms with Gasteiger partial charge in [0.25, 0.3) is 0 Å². The maximum Gasteiger partial charge on any atom is 0.236 e. The summed E-state index contributed by atoms with van der Waals surface area (Å²) in [4.78, 5) is 36.3. The van der Waals surface area contributed by atoms with Crippen molar-refractivity contribution >= 4 is 28.7 Å². The normalized spacial score (nSPS) is 11.8. The molecule has 0 aliphatic carbocycles. The molecule has 3 aromatic rings. The molecule has 7 heteroatoms. The first-order valence-electron chi connectivity index (χ1n) is 10.1. The molecule has 0 spiro atoms. The molecule has 0 saturated heterocycles. The predicted molar refractivity (Wildman–Crippen MR) is 121 cm³/mol. The van der Waals surface area contributed by atoms with Crippen molar-refractivity contribution in [2.24, 2.45) is 10.8 Å². The molecule has 3 aromatic heterocycles. The third-order valence-electron chi connectivity index (χ3n) is 5.33. The molecule has 0 unspecified atom stereocenters. The molecule has 7 nitrogen and oxygen atoms in total. The van der Waals surface area contributed by atoms with E-state index in [9.17, 15) is 9.59 Å². The van der Waals surface area contributed by atoms with Crippen LogP contribution in [0.3, 0.4) is 0 Å². The molecule has 31 heavy (non-hydrogen) atoms. The van der Waals surface area contributed by atoms with Gasteiger partial charge in [-0.3, -0.25) is 4.79 Å². The number of methoxy groups -OCH3 is 1. The fraction of sp³-hybridized carbons (Fsp3) is 0.375. The van der Waals surface area contributed by atoms with Crippen molar-refractivity contribution in [1.29, 1.82) is 0 Å². The van der Waals surface area contributed by atoms with Gasteiger partial charge >= 0.3 is 0 Å². The van der Waals surface area contributed by atoms with Crippen LogP contribution in [0.4, 0.5) is 5.82 Å². The Labute approximate surface area is 181 Å². The van der Waals surface area contributed by atoms with E-state index in [0.717, 1.165) is 22.2 Å². The summed E-state index contributed by atoms with van der Waals surface area (Å²) in [7, 11) is 1.61. The summed E-state index contributed by atoms with van der Waals surface area (Å²) in [6.07, 6.45) is 5.99. The largest absolute Gasteiger partial charge is 0.495 e. The van der Waals surface area contributed by atoms with Crippen molar-refractivity contribution in [2.75, 3.05) is 12.4 Å². The Balaban J connectivity index is 1.75. The summed E-state index contributed by atoms with van der Waals surface area (Å²) >= 11 is 0. The zero-order valence-corrected chi connectivity index (χ0v) is 18.8. The molecular formula is C24H28N4O3. The molecule has 3 rings (SSSR count). The zero-order valence-electron chi connectivity index (χ0n) is 18.8. The van der Waals surface area contributed by atoms with Crippen molar-refractivity contribution in [1.82, 2.24) is 15.0 Å². The number of carbonyl (C=O) groups excluding carboxylic acids is 2.